The summed E-state index contributed by atoms with van der Waals surface area (Å²) in [6, 6.07) is 0. The maximum Gasteiger partial charge on any atom is 0.0396 e. The highest BCUT2D eigenvalue weighted by atomic mass is 14.8. The third-order valence-electron chi connectivity index (χ3n) is 2.39. The van der Waals surface area contributed by atoms with Crippen LogP contribution in [-0.4, -0.2) is 5.71 Å². The summed E-state index contributed by atoms with van der Waals surface area (Å²) < 4.78 is 0. The zero-order valence-electron chi connectivity index (χ0n) is 7.30. The third kappa shape index (κ3) is 1.52. The molecule has 0 aromatic rings. The van der Waals surface area contributed by atoms with Crippen LogP contribution in [0.5, 0.6) is 0 Å². The average Bonchev–Trinajstić information content (AvgIpc) is 2.64. The highest BCUT2D eigenvalue weighted by molar-refractivity contribution is 5.84. The van der Waals surface area contributed by atoms with Crippen LogP contribution in [0, 0.1) is 11.8 Å². The van der Waals surface area contributed by atoms with E-state index in [2.05, 4.69) is 24.9 Å². The van der Waals surface area contributed by atoms with Gasteiger partial charge in [-0.2, -0.15) is 0 Å². The van der Waals surface area contributed by atoms with Crippen LogP contribution in [-0.2, 0) is 0 Å². The van der Waals surface area contributed by atoms with Gasteiger partial charge in [0.1, 0.15) is 0 Å². The van der Waals surface area contributed by atoms with E-state index >= 15 is 0 Å². The van der Waals surface area contributed by atoms with Crippen LogP contribution in [0.2, 0.25) is 0 Å². The molecule has 0 spiro atoms. The Bertz CT molecular complexity index is 221. The van der Waals surface area contributed by atoms with Crippen molar-refractivity contribution in [1.29, 1.82) is 0 Å². The molecule has 0 aromatic carbocycles. The number of aliphatic imine (C=N–C) groups is 1. The minimum absolute atomic E-state index is 0.725. The number of allylic oxidation sites excluding steroid dienone is 2. The number of hydrogen-bond acceptors (Lipinski definition) is 1. The van der Waals surface area contributed by atoms with E-state index in [0.29, 0.717) is 0 Å². The molecule has 1 nitrogen and oxygen atoms in total. The summed E-state index contributed by atoms with van der Waals surface area (Å²) in [6.45, 7) is 4.42. The molecule has 0 saturated heterocycles. The smallest absolute Gasteiger partial charge is 0.0396 e. The molecule has 2 rings (SSSR count). The van der Waals surface area contributed by atoms with Crippen molar-refractivity contribution in [3.8, 4) is 0 Å². The van der Waals surface area contributed by atoms with Crippen LogP contribution in [0.1, 0.15) is 33.1 Å². The summed E-state index contributed by atoms with van der Waals surface area (Å²) in [6.07, 6.45) is 6.26. The van der Waals surface area contributed by atoms with Crippen molar-refractivity contribution in [2.75, 3.05) is 0 Å². The average molecular weight is 149 g/mol. The van der Waals surface area contributed by atoms with Crippen LogP contribution in [0.15, 0.2) is 16.8 Å². The molecule has 0 N–H and O–H groups in total. The summed E-state index contributed by atoms with van der Waals surface area (Å²) in [5, 5.41) is 0. The van der Waals surface area contributed by atoms with Gasteiger partial charge in [-0.1, -0.05) is 13.0 Å². The number of hydrogen-bond donors (Lipinski definition) is 0. The lowest BCUT2D eigenvalue weighted by Crippen LogP contribution is -2.06. The summed E-state index contributed by atoms with van der Waals surface area (Å²) in [7, 11) is 0. The molecule has 0 aromatic heterocycles. The summed E-state index contributed by atoms with van der Waals surface area (Å²) in [5.74, 6) is 1.55. The van der Waals surface area contributed by atoms with Crippen LogP contribution in [0.4, 0.5) is 0 Å². The Morgan fingerprint density at radius 3 is 2.73 bits per heavy atom. The summed E-state index contributed by atoms with van der Waals surface area (Å²) in [4.78, 5) is 4.57. The Balaban J connectivity index is 2.16. The predicted molar refractivity (Wildman–Crippen MR) is 47.7 cm³/mol. The van der Waals surface area contributed by atoms with E-state index in [0.717, 1.165) is 18.3 Å². The molecule has 1 aliphatic heterocycles. The van der Waals surface area contributed by atoms with E-state index in [4.69, 9.17) is 0 Å². The van der Waals surface area contributed by atoms with Gasteiger partial charge in [0.15, 0.2) is 0 Å². The quantitative estimate of drug-likeness (QED) is 0.543. The van der Waals surface area contributed by atoms with Crippen LogP contribution < -0.4 is 0 Å². The molecule has 1 fully saturated rings. The molecule has 0 amide bonds. The van der Waals surface area contributed by atoms with Gasteiger partial charge in [-0.25, -0.2) is 0 Å². The predicted octanol–water partition coefficient (Wildman–Crippen LogP) is 2.78. The van der Waals surface area contributed by atoms with Crippen LogP contribution >= 0.6 is 0 Å². The second-order valence-electron chi connectivity index (χ2n) is 3.89. The van der Waals surface area contributed by atoms with E-state index in [1.165, 1.54) is 24.3 Å². The Morgan fingerprint density at radius 2 is 2.18 bits per heavy atom. The molecule has 1 unspecified atom stereocenters. The number of nitrogens with zero attached hydrogens (tertiary/aromatic N) is 1. The SMILES string of the molecule is CC1=NC(C2CC2)=CC(C)C1. The van der Waals surface area contributed by atoms with Gasteiger partial charge in [0.2, 0.25) is 0 Å². The summed E-state index contributed by atoms with van der Waals surface area (Å²) >= 11 is 0. The van der Waals surface area contributed by atoms with Gasteiger partial charge in [-0.3, -0.25) is 4.99 Å². The topological polar surface area (TPSA) is 12.4 Å². The van der Waals surface area contributed by atoms with Crippen molar-refractivity contribution in [2.45, 2.75) is 33.1 Å². The van der Waals surface area contributed by atoms with E-state index in [-0.39, 0.29) is 0 Å². The molecular formula is C10H15N. The van der Waals surface area contributed by atoms with Gasteiger partial charge in [-0.15, -0.1) is 0 Å². The van der Waals surface area contributed by atoms with Crippen molar-refractivity contribution >= 4 is 5.71 Å². The Labute approximate surface area is 68.2 Å². The highest BCUT2D eigenvalue weighted by Crippen LogP contribution is 2.39. The van der Waals surface area contributed by atoms with E-state index < -0.39 is 0 Å². The van der Waals surface area contributed by atoms with E-state index in [1.54, 1.807) is 0 Å². The Morgan fingerprint density at radius 1 is 1.45 bits per heavy atom. The van der Waals surface area contributed by atoms with Crippen LogP contribution in [0.25, 0.3) is 0 Å². The van der Waals surface area contributed by atoms with Crippen LogP contribution in [0.3, 0.4) is 0 Å². The molecule has 0 radical (unpaired) electrons. The fraction of sp³-hybridized carbons (Fsp3) is 0.700. The van der Waals surface area contributed by atoms with Crippen molar-refractivity contribution in [2.24, 2.45) is 16.8 Å². The second kappa shape index (κ2) is 2.47. The molecule has 60 valence electrons. The molecule has 0 bridgehead atoms. The molecule has 1 heteroatoms. The van der Waals surface area contributed by atoms with Crippen molar-refractivity contribution in [1.82, 2.24) is 0 Å². The van der Waals surface area contributed by atoms with Gasteiger partial charge in [-0.05, 0) is 32.1 Å². The minimum atomic E-state index is 0.725. The first-order chi connectivity index (χ1) is 5.25. The molecule has 1 atom stereocenters. The highest BCUT2D eigenvalue weighted by Gasteiger charge is 2.27. The lowest BCUT2D eigenvalue weighted by molar-refractivity contribution is 0.724. The van der Waals surface area contributed by atoms with Gasteiger partial charge in [0.05, 0.1) is 0 Å². The second-order valence-corrected chi connectivity index (χ2v) is 3.89. The van der Waals surface area contributed by atoms with E-state index in [1.807, 2.05) is 0 Å². The molecule has 1 aliphatic carbocycles. The Hall–Kier alpha value is -0.590. The maximum absolute atomic E-state index is 4.57. The van der Waals surface area contributed by atoms with Crippen molar-refractivity contribution in [3.63, 3.8) is 0 Å². The lowest BCUT2D eigenvalue weighted by Gasteiger charge is -2.14. The van der Waals surface area contributed by atoms with Gasteiger partial charge in [0, 0.05) is 17.3 Å². The summed E-state index contributed by atoms with van der Waals surface area (Å²) in [5.41, 5.74) is 2.70. The van der Waals surface area contributed by atoms with E-state index in [9.17, 15) is 0 Å². The molecular weight excluding hydrogens is 134 g/mol. The molecule has 11 heavy (non-hydrogen) atoms. The molecule has 1 heterocycles. The van der Waals surface area contributed by atoms with Gasteiger partial charge in [0.25, 0.3) is 0 Å². The van der Waals surface area contributed by atoms with Gasteiger partial charge < -0.3 is 0 Å². The normalized spacial score (nSPS) is 31.3. The first-order valence-electron chi connectivity index (χ1n) is 4.51. The van der Waals surface area contributed by atoms with Gasteiger partial charge >= 0.3 is 0 Å². The maximum atomic E-state index is 4.57. The van der Waals surface area contributed by atoms with Crippen molar-refractivity contribution < 1.29 is 0 Å². The minimum Gasteiger partial charge on any atom is -0.263 e. The zero-order chi connectivity index (χ0) is 7.84. The fourth-order valence-electron chi connectivity index (χ4n) is 1.73. The number of rotatable bonds is 1. The standard InChI is InChI=1S/C10H15N/c1-7-5-8(2)11-10(6-7)9-3-4-9/h6-7,9H,3-5H2,1-2H3. The largest absolute Gasteiger partial charge is 0.263 e. The monoisotopic (exact) mass is 149 g/mol. The molecule has 2 aliphatic rings. The first kappa shape index (κ1) is 7.08. The first-order valence-corrected chi connectivity index (χ1v) is 4.51. The molecule has 1 saturated carbocycles. The lowest BCUT2D eigenvalue weighted by atomic mass is 9.99. The zero-order valence-corrected chi connectivity index (χ0v) is 7.30. The Kier molecular flexibility index (Phi) is 1.59. The third-order valence-corrected chi connectivity index (χ3v) is 2.39. The van der Waals surface area contributed by atoms with Crippen molar-refractivity contribution in [3.05, 3.63) is 11.8 Å². The fourth-order valence-corrected chi connectivity index (χ4v) is 1.73.